The highest BCUT2D eigenvalue weighted by molar-refractivity contribution is 5.52. The summed E-state index contributed by atoms with van der Waals surface area (Å²) in [5, 5.41) is 3.57. The summed E-state index contributed by atoms with van der Waals surface area (Å²) in [5.74, 6) is 0. The molecule has 2 heterocycles. The van der Waals surface area contributed by atoms with Gasteiger partial charge in [-0.05, 0) is 38.9 Å². The summed E-state index contributed by atoms with van der Waals surface area (Å²) in [7, 11) is 0. The number of hydrogen-bond acceptors (Lipinski definition) is 4. The molecule has 1 N–H and O–H groups in total. The fraction of sp³-hybridized carbons (Fsp3) is 0.688. The van der Waals surface area contributed by atoms with Gasteiger partial charge in [0.05, 0.1) is 11.9 Å². The van der Waals surface area contributed by atoms with Gasteiger partial charge in [0.1, 0.15) is 0 Å². The monoisotopic (exact) mass is 276 g/mol. The number of anilines is 1. The van der Waals surface area contributed by atoms with E-state index in [1.807, 2.05) is 12.4 Å². The summed E-state index contributed by atoms with van der Waals surface area (Å²) in [6.07, 6.45) is 3.91. The number of piperazine rings is 1. The van der Waals surface area contributed by atoms with Gasteiger partial charge in [-0.1, -0.05) is 6.92 Å². The summed E-state index contributed by atoms with van der Waals surface area (Å²) in [4.78, 5) is 9.29. The molecule has 1 saturated heterocycles. The number of aromatic nitrogens is 1. The SMILES string of the molecule is CCN1CCN(c2cnccc2CNC(C)(C)C)CC1. The van der Waals surface area contributed by atoms with Crippen molar-refractivity contribution in [1.29, 1.82) is 0 Å². The molecule has 0 radical (unpaired) electrons. The molecule has 1 aromatic rings. The van der Waals surface area contributed by atoms with Crippen LogP contribution in [0.2, 0.25) is 0 Å². The van der Waals surface area contributed by atoms with Crippen molar-refractivity contribution < 1.29 is 0 Å². The van der Waals surface area contributed by atoms with Crippen molar-refractivity contribution in [2.75, 3.05) is 37.6 Å². The van der Waals surface area contributed by atoms with Crippen LogP contribution >= 0.6 is 0 Å². The zero-order chi connectivity index (χ0) is 14.6. The number of rotatable bonds is 4. The zero-order valence-corrected chi connectivity index (χ0v) is 13.3. The summed E-state index contributed by atoms with van der Waals surface area (Å²) in [6.45, 7) is 15.4. The quantitative estimate of drug-likeness (QED) is 0.913. The van der Waals surface area contributed by atoms with Crippen LogP contribution in [0, 0.1) is 0 Å². The molecular weight excluding hydrogens is 248 g/mol. The van der Waals surface area contributed by atoms with Gasteiger partial charge in [0.2, 0.25) is 0 Å². The molecule has 0 aromatic carbocycles. The molecule has 1 aliphatic rings. The maximum atomic E-state index is 4.32. The lowest BCUT2D eigenvalue weighted by atomic mass is 10.1. The smallest absolute Gasteiger partial charge is 0.0599 e. The summed E-state index contributed by atoms with van der Waals surface area (Å²) in [5.41, 5.74) is 2.78. The van der Waals surface area contributed by atoms with E-state index in [-0.39, 0.29) is 5.54 Å². The molecule has 0 atom stereocenters. The van der Waals surface area contributed by atoms with Crippen molar-refractivity contribution in [3.05, 3.63) is 24.0 Å². The molecule has 0 saturated carbocycles. The first-order valence-corrected chi connectivity index (χ1v) is 7.65. The van der Waals surface area contributed by atoms with Crippen molar-refractivity contribution in [2.45, 2.75) is 39.8 Å². The Labute approximate surface area is 123 Å². The first kappa shape index (κ1) is 15.3. The standard InChI is InChI=1S/C16H28N4/c1-5-19-8-10-20(11-9-19)15-13-17-7-6-14(15)12-18-16(2,3)4/h6-7,13,18H,5,8-12H2,1-4H3. The number of nitrogens with one attached hydrogen (secondary N) is 1. The van der Waals surface area contributed by atoms with E-state index in [0.717, 1.165) is 39.3 Å². The summed E-state index contributed by atoms with van der Waals surface area (Å²) in [6, 6.07) is 2.14. The maximum Gasteiger partial charge on any atom is 0.0599 e. The van der Waals surface area contributed by atoms with Gasteiger partial charge in [0, 0.05) is 44.5 Å². The number of nitrogens with zero attached hydrogens (tertiary/aromatic N) is 3. The second kappa shape index (κ2) is 6.55. The predicted molar refractivity (Wildman–Crippen MR) is 85.2 cm³/mol. The Morgan fingerprint density at radius 1 is 1.20 bits per heavy atom. The van der Waals surface area contributed by atoms with Gasteiger partial charge < -0.3 is 15.1 Å². The highest BCUT2D eigenvalue weighted by Crippen LogP contribution is 2.21. The highest BCUT2D eigenvalue weighted by atomic mass is 15.3. The third-order valence-electron chi connectivity index (χ3n) is 3.86. The normalized spacial score (nSPS) is 17.5. The fourth-order valence-electron chi connectivity index (χ4n) is 2.51. The number of likely N-dealkylation sites (N-methyl/N-ethyl adjacent to an activating group) is 1. The lowest BCUT2D eigenvalue weighted by Gasteiger charge is -2.36. The van der Waals surface area contributed by atoms with E-state index in [4.69, 9.17) is 0 Å². The Bertz CT molecular complexity index is 417. The molecule has 0 bridgehead atoms. The van der Waals surface area contributed by atoms with Crippen molar-refractivity contribution in [3.8, 4) is 0 Å². The van der Waals surface area contributed by atoms with Gasteiger partial charge >= 0.3 is 0 Å². The highest BCUT2D eigenvalue weighted by Gasteiger charge is 2.19. The van der Waals surface area contributed by atoms with Gasteiger partial charge in [-0.2, -0.15) is 0 Å². The zero-order valence-electron chi connectivity index (χ0n) is 13.3. The molecule has 2 rings (SSSR count). The Morgan fingerprint density at radius 3 is 2.50 bits per heavy atom. The molecule has 0 spiro atoms. The molecule has 1 aromatic heterocycles. The molecule has 4 nitrogen and oxygen atoms in total. The molecule has 20 heavy (non-hydrogen) atoms. The third kappa shape index (κ3) is 4.18. The minimum atomic E-state index is 0.140. The van der Waals surface area contributed by atoms with Gasteiger partial charge in [-0.25, -0.2) is 0 Å². The van der Waals surface area contributed by atoms with Crippen molar-refractivity contribution in [2.24, 2.45) is 0 Å². The minimum absolute atomic E-state index is 0.140. The van der Waals surface area contributed by atoms with Crippen LogP contribution in [0.1, 0.15) is 33.3 Å². The van der Waals surface area contributed by atoms with Crippen LogP contribution in [0.5, 0.6) is 0 Å². The second-order valence-corrected chi connectivity index (χ2v) is 6.53. The van der Waals surface area contributed by atoms with E-state index in [9.17, 15) is 0 Å². The maximum absolute atomic E-state index is 4.32. The van der Waals surface area contributed by atoms with Crippen molar-refractivity contribution in [3.63, 3.8) is 0 Å². The minimum Gasteiger partial charge on any atom is -0.367 e. The van der Waals surface area contributed by atoms with E-state index in [0.29, 0.717) is 0 Å². The Hall–Kier alpha value is -1.13. The van der Waals surface area contributed by atoms with Crippen LogP contribution in [-0.2, 0) is 6.54 Å². The van der Waals surface area contributed by atoms with E-state index in [2.05, 4.69) is 53.9 Å². The van der Waals surface area contributed by atoms with Crippen LogP contribution in [0.3, 0.4) is 0 Å². The van der Waals surface area contributed by atoms with Crippen LogP contribution in [-0.4, -0.2) is 48.1 Å². The van der Waals surface area contributed by atoms with Gasteiger partial charge in [0.25, 0.3) is 0 Å². The Balaban J connectivity index is 2.04. The molecule has 0 aliphatic carbocycles. The average Bonchev–Trinajstić information content (AvgIpc) is 2.45. The Kier molecular flexibility index (Phi) is 5.00. The third-order valence-corrected chi connectivity index (χ3v) is 3.86. The van der Waals surface area contributed by atoms with Crippen LogP contribution < -0.4 is 10.2 Å². The van der Waals surface area contributed by atoms with Gasteiger partial charge in [-0.3, -0.25) is 4.98 Å². The van der Waals surface area contributed by atoms with Gasteiger partial charge in [-0.15, -0.1) is 0 Å². The first-order chi connectivity index (χ1) is 9.49. The van der Waals surface area contributed by atoms with E-state index in [1.165, 1.54) is 11.3 Å². The molecule has 4 heteroatoms. The fourth-order valence-corrected chi connectivity index (χ4v) is 2.51. The van der Waals surface area contributed by atoms with Crippen molar-refractivity contribution in [1.82, 2.24) is 15.2 Å². The number of hydrogen-bond donors (Lipinski definition) is 1. The second-order valence-electron chi connectivity index (χ2n) is 6.53. The van der Waals surface area contributed by atoms with Crippen LogP contribution in [0.15, 0.2) is 18.5 Å². The Morgan fingerprint density at radius 2 is 1.90 bits per heavy atom. The van der Waals surface area contributed by atoms with Crippen LogP contribution in [0.25, 0.3) is 0 Å². The molecular formula is C16H28N4. The lowest BCUT2D eigenvalue weighted by Crippen LogP contribution is -2.46. The molecule has 0 unspecified atom stereocenters. The predicted octanol–water partition coefficient (Wildman–Crippen LogP) is 2.11. The summed E-state index contributed by atoms with van der Waals surface area (Å²) < 4.78 is 0. The molecule has 0 amide bonds. The lowest BCUT2D eigenvalue weighted by molar-refractivity contribution is 0.271. The number of pyridine rings is 1. The molecule has 1 fully saturated rings. The molecule has 112 valence electrons. The molecule has 1 aliphatic heterocycles. The van der Waals surface area contributed by atoms with Crippen LogP contribution in [0.4, 0.5) is 5.69 Å². The van der Waals surface area contributed by atoms with Crippen molar-refractivity contribution >= 4 is 5.69 Å². The largest absolute Gasteiger partial charge is 0.367 e. The van der Waals surface area contributed by atoms with E-state index in [1.54, 1.807) is 0 Å². The first-order valence-electron chi connectivity index (χ1n) is 7.65. The van der Waals surface area contributed by atoms with Gasteiger partial charge in [0.15, 0.2) is 0 Å². The topological polar surface area (TPSA) is 31.4 Å². The summed E-state index contributed by atoms with van der Waals surface area (Å²) >= 11 is 0. The van der Waals surface area contributed by atoms with E-state index >= 15 is 0 Å². The average molecular weight is 276 g/mol. The van der Waals surface area contributed by atoms with E-state index < -0.39 is 0 Å².